The van der Waals surface area contributed by atoms with Gasteiger partial charge in [0.1, 0.15) is 0 Å². The van der Waals surface area contributed by atoms with Crippen molar-refractivity contribution in [1.82, 2.24) is 0 Å². The number of hydrogen-bond acceptors (Lipinski definition) is 2. The third kappa shape index (κ3) is 1.59. The van der Waals surface area contributed by atoms with Gasteiger partial charge in [-0.25, -0.2) is 0 Å². The van der Waals surface area contributed by atoms with Crippen LogP contribution in [-0.4, -0.2) is 5.11 Å². The maximum Gasteiger partial charge on any atom is 0.0756 e. The van der Waals surface area contributed by atoms with Crippen LogP contribution >= 0.6 is 27.3 Å². The van der Waals surface area contributed by atoms with Gasteiger partial charge >= 0.3 is 0 Å². The maximum absolute atomic E-state index is 8.80. The van der Waals surface area contributed by atoms with E-state index in [0.717, 1.165) is 15.8 Å². The van der Waals surface area contributed by atoms with E-state index >= 15 is 0 Å². The molecule has 1 aromatic heterocycles. The molecule has 0 bridgehead atoms. The zero-order valence-electron chi connectivity index (χ0n) is 5.72. The first-order valence-corrected chi connectivity index (χ1v) is 4.76. The summed E-state index contributed by atoms with van der Waals surface area (Å²) in [4.78, 5) is 1.32. The lowest BCUT2D eigenvalue weighted by molar-refractivity contribution is 0.281. The molecule has 0 saturated carbocycles. The Morgan fingerprint density at radius 3 is 2.70 bits per heavy atom. The highest BCUT2D eigenvalue weighted by Crippen LogP contribution is 2.28. The molecule has 0 radical (unpaired) electrons. The first-order valence-electron chi connectivity index (χ1n) is 3.16. The molecule has 1 heterocycles. The van der Waals surface area contributed by atoms with E-state index < -0.39 is 0 Å². The summed E-state index contributed by atoms with van der Waals surface area (Å²) in [6.07, 6.45) is 1.04. The average molecular weight is 221 g/mol. The number of rotatable bonds is 2. The van der Waals surface area contributed by atoms with Crippen molar-refractivity contribution in [2.24, 2.45) is 0 Å². The molecule has 1 nitrogen and oxygen atoms in total. The normalized spacial score (nSPS) is 10.3. The molecule has 0 spiro atoms. The lowest BCUT2D eigenvalue weighted by atomic mass is 10.3. The van der Waals surface area contributed by atoms with Crippen LogP contribution in [0.15, 0.2) is 9.85 Å². The summed E-state index contributed by atoms with van der Waals surface area (Å²) in [6, 6.07) is 2.04. The summed E-state index contributed by atoms with van der Waals surface area (Å²) < 4.78 is 1.06. The minimum atomic E-state index is 0.136. The molecule has 0 aliphatic rings. The van der Waals surface area contributed by atoms with Crippen molar-refractivity contribution in [1.29, 1.82) is 0 Å². The van der Waals surface area contributed by atoms with Crippen molar-refractivity contribution in [3.05, 3.63) is 20.3 Å². The Morgan fingerprint density at radius 1 is 1.70 bits per heavy atom. The molecule has 0 saturated heterocycles. The van der Waals surface area contributed by atoms with Gasteiger partial charge in [0.05, 0.1) is 10.4 Å². The molecule has 0 aliphatic carbocycles. The molecular formula is C7H9BrOS. The van der Waals surface area contributed by atoms with Crippen LogP contribution in [0, 0.1) is 0 Å². The molecule has 56 valence electrons. The Balaban J connectivity index is 2.92. The van der Waals surface area contributed by atoms with Gasteiger partial charge in [-0.2, -0.15) is 0 Å². The van der Waals surface area contributed by atoms with Crippen molar-refractivity contribution in [3.63, 3.8) is 0 Å². The molecule has 0 aliphatic heterocycles. The molecule has 1 aromatic rings. The Bertz CT molecular complexity index is 219. The standard InChI is InChI=1S/C7H9BrOS/c1-2-6-3-5(4-9)7(8)10-6/h3,9H,2,4H2,1H3. The first-order chi connectivity index (χ1) is 4.77. The lowest BCUT2D eigenvalue weighted by Crippen LogP contribution is -1.76. The molecule has 3 heteroatoms. The molecule has 0 unspecified atom stereocenters. The number of hydrogen-bond donors (Lipinski definition) is 1. The van der Waals surface area contributed by atoms with Crippen molar-refractivity contribution in [3.8, 4) is 0 Å². The highest BCUT2D eigenvalue weighted by molar-refractivity contribution is 9.11. The van der Waals surface area contributed by atoms with E-state index in [1.54, 1.807) is 11.3 Å². The van der Waals surface area contributed by atoms with Gasteiger partial charge in [-0.1, -0.05) is 6.92 Å². The topological polar surface area (TPSA) is 20.2 Å². The van der Waals surface area contributed by atoms with Crippen molar-refractivity contribution in [2.45, 2.75) is 20.0 Å². The van der Waals surface area contributed by atoms with Crippen LogP contribution in [0.3, 0.4) is 0 Å². The quantitative estimate of drug-likeness (QED) is 0.813. The molecule has 0 fully saturated rings. The second-order valence-corrected chi connectivity index (χ2v) is 4.48. The number of thiophene rings is 1. The predicted molar refractivity (Wildman–Crippen MR) is 47.3 cm³/mol. The molecule has 1 rings (SSSR count). The second kappa shape index (κ2) is 3.51. The van der Waals surface area contributed by atoms with Gasteiger partial charge in [-0.3, -0.25) is 0 Å². The van der Waals surface area contributed by atoms with Crippen molar-refractivity contribution < 1.29 is 5.11 Å². The number of aliphatic hydroxyl groups is 1. The Labute approximate surface area is 72.8 Å². The van der Waals surface area contributed by atoms with Gasteiger partial charge < -0.3 is 5.11 Å². The summed E-state index contributed by atoms with van der Waals surface area (Å²) in [6.45, 7) is 2.25. The molecular weight excluding hydrogens is 212 g/mol. The van der Waals surface area contributed by atoms with Crippen LogP contribution in [0.1, 0.15) is 17.4 Å². The largest absolute Gasteiger partial charge is 0.392 e. The van der Waals surface area contributed by atoms with E-state index in [9.17, 15) is 0 Å². The fourth-order valence-electron chi connectivity index (χ4n) is 0.743. The van der Waals surface area contributed by atoms with Crippen LogP contribution in [-0.2, 0) is 13.0 Å². The minimum Gasteiger partial charge on any atom is -0.392 e. The van der Waals surface area contributed by atoms with E-state index in [1.807, 2.05) is 6.07 Å². The zero-order chi connectivity index (χ0) is 7.56. The molecule has 0 aromatic carbocycles. The number of aryl methyl sites for hydroxylation is 1. The van der Waals surface area contributed by atoms with E-state index in [2.05, 4.69) is 22.9 Å². The van der Waals surface area contributed by atoms with Gasteiger partial charge in [-0.05, 0) is 28.4 Å². The maximum atomic E-state index is 8.80. The number of halogens is 1. The Kier molecular flexibility index (Phi) is 2.89. The fourth-order valence-corrected chi connectivity index (χ4v) is 2.44. The van der Waals surface area contributed by atoms with E-state index in [1.165, 1.54) is 4.88 Å². The third-order valence-corrected chi connectivity index (χ3v) is 3.43. The highest BCUT2D eigenvalue weighted by atomic mass is 79.9. The van der Waals surface area contributed by atoms with Gasteiger partial charge in [-0.15, -0.1) is 11.3 Å². The smallest absolute Gasteiger partial charge is 0.0756 e. The summed E-state index contributed by atoms with van der Waals surface area (Å²) in [5, 5.41) is 8.80. The summed E-state index contributed by atoms with van der Waals surface area (Å²) >= 11 is 5.07. The fraction of sp³-hybridized carbons (Fsp3) is 0.429. The number of aliphatic hydroxyl groups excluding tert-OH is 1. The van der Waals surface area contributed by atoms with Gasteiger partial charge in [0, 0.05) is 10.4 Å². The summed E-state index contributed by atoms with van der Waals surface area (Å²) in [5.74, 6) is 0. The molecule has 10 heavy (non-hydrogen) atoms. The SMILES string of the molecule is CCc1cc(CO)c(Br)s1. The minimum absolute atomic E-state index is 0.136. The Hall–Kier alpha value is 0.140. The second-order valence-electron chi connectivity index (χ2n) is 2.02. The van der Waals surface area contributed by atoms with Crippen LogP contribution < -0.4 is 0 Å². The predicted octanol–water partition coefficient (Wildman–Crippen LogP) is 2.57. The lowest BCUT2D eigenvalue weighted by Gasteiger charge is -1.85. The highest BCUT2D eigenvalue weighted by Gasteiger charge is 2.02. The van der Waals surface area contributed by atoms with Crippen molar-refractivity contribution >= 4 is 27.3 Å². The molecule has 1 N–H and O–H groups in total. The molecule has 0 amide bonds. The van der Waals surface area contributed by atoms with E-state index in [-0.39, 0.29) is 6.61 Å². The third-order valence-electron chi connectivity index (χ3n) is 1.33. The first kappa shape index (κ1) is 8.24. The zero-order valence-corrected chi connectivity index (χ0v) is 8.13. The van der Waals surface area contributed by atoms with Crippen LogP contribution in [0.4, 0.5) is 0 Å². The van der Waals surface area contributed by atoms with Crippen LogP contribution in [0.5, 0.6) is 0 Å². The summed E-state index contributed by atoms with van der Waals surface area (Å²) in [7, 11) is 0. The van der Waals surface area contributed by atoms with Gasteiger partial charge in [0.15, 0.2) is 0 Å². The van der Waals surface area contributed by atoms with Crippen LogP contribution in [0.25, 0.3) is 0 Å². The summed E-state index contributed by atoms with van der Waals surface area (Å²) in [5.41, 5.74) is 1.00. The van der Waals surface area contributed by atoms with Crippen molar-refractivity contribution in [2.75, 3.05) is 0 Å². The van der Waals surface area contributed by atoms with Gasteiger partial charge in [0.25, 0.3) is 0 Å². The monoisotopic (exact) mass is 220 g/mol. The van der Waals surface area contributed by atoms with Crippen LogP contribution in [0.2, 0.25) is 0 Å². The van der Waals surface area contributed by atoms with E-state index in [4.69, 9.17) is 5.11 Å². The Morgan fingerprint density at radius 2 is 2.40 bits per heavy atom. The average Bonchev–Trinajstić information content (AvgIpc) is 2.30. The van der Waals surface area contributed by atoms with E-state index in [0.29, 0.717) is 0 Å². The van der Waals surface area contributed by atoms with Gasteiger partial charge in [0.2, 0.25) is 0 Å². The molecule has 0 atom stereocenters.